The SMILES string of the molecule is O=C(CSC(F)(F)F)NC1Cc2cccc(C(=O)O)c2OB1O. The van der Waals surface area contributed by atoms with Gasteiger partial charge in [-0.25, -0.2) is 4.79 Å². The van der Waals surface area contributed by atoms with Crippen LogP contribution in [0.4, 0.5) is 13.2 Å². The van der Waals surface area contributed by atoms with Gasteiger partial charge in [0.1, 0.15) is 5.75 Å². The van der Waals surface area contributed by atoms with E-state index in [1.54, 1.807) is 6.07 Å². The highest BCUT2D eigenvalue weighted by molar-refractivity contribution is 8.00. The molecule has 0 bridgehead atoms. The van der Waals surface area contributed by atoms with E-state index in [0.717, 1.165) is 0 Å². The molecule has 23 heavy (non-hydrogen) atoms. The number of carbonyl (C=O) groups is 2. The van der Waals surface area contributed by atoms with Crippen molar-refractivity contribution in [1.29, 1.82) is 0 Å². The van der Waals surface area contributed by atoms with E-state index in [0.29, 0.717) is 5.56 Å². The van der Waals surface area contributed by atoms with Crippen LogP contribution in [-0.2, 0) is 11.2 Å². The van der Waals surface area contributed by atoms with E-state index in [1.165, 1.54) is 12.1 Å². The second-order valence-electron chi connectivity index (χ2n) is 4.72. The first-order chi connectivity index (χ1) is 10.7. The van der Waals surface area contributed by atoms with Crippen LogP contribution in [0.1, 0.15) is 15.9 Å². The van der Waals surface area contributed by atoms with Crippen molar-refractivity contribution in [2.75, 3.05) is 5.75 Å². The highest BCUT2D eigenvalue weighted by Crippen LogP contribution is 2.31. The van der Waals surface area contributed by atoms with Gasteiger partial charge in [-0.2, -0.15) is 13.2 Å². The molecule has 3 N–H and O–H groups in total. The Labute approximate surface area is 133 Å². The zero-order valence-electron chi connectivity index (χ0n) is 11.5. The number of fused-ring (bicyclic) bond motifs is 1. The third-order valence-corrected chi connectivity index (χ3v) is 3.80. The summed E-state index contributed by atoms with van der Waals surface area (Å²) in [5.74, 6) is -3.96. The van der Waals surface area contributed by atoms with Crippen molar-refractivity contribution in [3.05, 3.63) is 29.3 Å². The molecule has 0 aromatic heterocycles. The Bertz CT molecular complexity index is 627. The van der Waals surface area contributed by atoms with Crippen LogP contribution in [0.5, 0.6) is 5.75 Å². The Kier molecular flexibility index (Phi) is 5.10. The van der Waals surface area contributed by atoms with Crippen LogP contribution in [0.15, 0.2) is 18.2 Å². The quantitative estimate of drug-likeness (QED) is 0.704. The third-order valence-electron chi connectivity index (χ3n) is 3.06. The van der Waals surface area contributed by atoms with E-state index in [-0.39, 0.29) is 17.7 Å². The molecule has 6 nitrogen and oxygen atoms in total. The van der Waals surface area contributed by atoms with Gasteiger partial charge in [0.25, 0.3) is 0 Å². The lowest BCUT2D eigenvalue weighted by molar-refractivity contribution is -0.119. The molecule has 1 aromatic carbocycles. The number of carboxylic acid groups (broad SMARTS) is 1. The maximum absolute atomic E-state index is 12.0. The van der Waals surface area contributed by atoms with Gasteiger partial charge in [0.2, 0.25) is 5.91 Å². The van der Waals surface area contributed by atoms with Gasteiger partial charge >= 0.3 is 18.6 Å². The average molecular weight is 349 g/mol. The molecule has 11 heteroatoms. The number of carbonyl (C=O) groups excluding carboxylic acids is 1. The number of hydrogen-bond acceptors (Lipinski definition) is 5. The van der Waals surface area contributed by atoms with E-state index in [1.807, 2.05) is 0 Å². The van der Waals surface area contributed by atoms with Crippen molar-refractivity contribution < 1.29 is 37.5 Å². The fourth-order valence-electron chi connectivity index (χ4n) is 2.11. The maximum atomic E-state index is 12.0. The Balaban J connectivity index is 2.06. The predicted octanol–water partition coefficient (Wildman–Crippen LogP) is 1.08. The Morgan fingerprint density at radius 2 is 2.13 bits per heavy atom. The van der Waals surface area contributed by atoms with Crippen LogP contribution in [0, 0.1) is 0 Å². The minimum atomic E-state index is -4.53. The highest BCUT2D eigenvalue weighted by Gasteiger charge is 2.38. The first-order valence-electron chi connectivity index (χ1n) is 6.37. The molecule has 0 fully saturated rings. The number of benzene rings is 1. The molecule has 0 saturated heterocycles. The summed E-state index contributed by atoms with van der Waals surface area (Å²) in [4.78, 5) is 22.6. The van der Waals surface area contributed by atoms with Crippen LogP contribution >= 0.6 is 11.8 Å². The molecule has 0 spiro atoms. The molecule has 1 amide bonds. The summed E-state index contributed by atoms with van der Waals surface area (Å²) in [6, 6.07) is 4.33. The summed E-state index contributed by atoms with van der Waals surface area (Å²) < 4.78 is 41.2. The Morgan fingerprint density at radius 3 is 2.74 bits per heavy atom. The second-order valence-corrected chi connectivity index (χ2v) is 5.76. The standard InChI is InChI=1S/C12H11BF3NO5S/c14-12(15,16)23-5-9(18)17-8-4-6-2-1-3-7(11(19)20)10(6)22-13(8)21/h1-3,8,21H,4-5H2,(H,17,18)(H,19,20). The molecule has 0 radical (unpaired) electrons. The first-order valence-corrected chi connectivity index (χ1v) is 7.36. The van der Waals surface area contributed by atoms with Gasteiger partial charge in [0.15, 0.2) is 0 Å². The van der Waals surface area contributed by atoms with E-state index in [2.05, 4.69) is 5.32 Å². The average Bonchev–Trinajstić information content (AvgIpc) is 2.44. The monoisotopic (exact) mass is 349 g/mol. The number of aromatic carboxylic acids is 1. The summed E-state index contributed by atoms with van der Waals surface area (Å²) in [7, 11) is -1.55. The number of amides is 1. The van der Waals surface area contributed by atoms with Gasteiger partial charge < -0.3 is 20.1 Å². The molecule has 1 heterocycles. The number of alkyl halides is 3. The molecule has 124 valence electrons. The third kappa shape index (κ3) is 4.55. The predicted molar refractivity (Wildman–Crippen MR) is 76.1 cm³/mol. The van der Waals surface area contributed by atoms with Crippen LogP contribution in [-0.4, -0.2) is 46.3 Å². The van der Waals surface area contributed by atoms with Gasteiger partial charge in [0, 0.05) is 0 Å². The van der Waals surface area contributed by atoms with E-state index in [4.69, 9.17) is 9.76 Å². The fraction of sp³-hybridized carbons (Fsp3) is 0.333. The Hall–Kier alpha value is -1.88. The Morgan fingerprint density at radius 1 is 1.43 bits per heavy atom. The van der Waals surface area contributed by atoms with Gasteiger partial charge in [0.05, 0.1) is 17.3 Å². The van der Waals surface area contributed by atoms with Crippen molar-refractivity contribution >= 4 is 30.8 Å². The van der Waals surface area contributed by atoms with Crippen molar-refractivity contribution in [1.82, 2.24) is 5.32 Å². The van der Waals surface area contributed by atoms with Crippen LogP contribution < -0.4 is 9.97 Å². The summed E-state index contributed by atoms with van der Waals surface area (Å²) >= 11 is -0.489. The smallest absolute Gasteiger partial charge is 0.534 e. The van der Waals surface area contributed by atoms with Crippen molar-refractivity contribution in [2.45, 2.75) is 17.9 Å². The van der Waals surface area contributed by atoms with E-state index < -0.39 is 48.0 Å². The summed E-state index contributed by atoms with van der Waals surface area (Å²) in [5, 5.41) is 21.1. The maximum Gasteiger partial charge on any atom is 0.547 e. The molecule has 1 unspecified atom stereocenters. The minimum Gasteiger partial charge on any atom is -0.534 e. The van der Waals surface area contributed by atoms with Gasteiger partial charge in [-0.1, -0.05) is 12.1 Å². The summed E-state index contributed by atoms with van der Waals surface area (Å²) in [6.45, 7) is 0. The number of thioether (sulfide) groups is 1. The lowest BCUT2D eigenvalue weighted by atomic mass is 9.72. The van der Waals surface area contributed by atoms with Gasteiger partial charge in [-0.15, -0.1) is 0 Å². The van der Waals surface area contributed by atoms with E-state index >= 15 is 0 Å². The molecule has 1 aromatic rings. The molecular formula is C12H11BF3NO5S. The summed E-state index contributed by atoms with van der Waals surface area (Å²) in [6.07, 6.45) is 0.0417. The molecule has 1 aliphatic rings. The molecule has 2 rings (SSSR count). The van der Waals surface area contributed by atoms with E-state index in [9.17, 15) is 27.8 Å². The number of rotatable bonds is 4. The molecule has 0 aliphatic carbocycles. The van der Waals surface area contributed by atoms with Crippen LogP contribution in [0.3, 0.4) is 0 Å². The number of para-hydroxylation sites is 1. The highest BCUT2D eigenvalue weighted by atomic mass is 32.2. The largest absolute Gasteiger partial charge is 0.547 e. The topological polar surface area (TPSA) is 95.9 Å². The van der Waals surface area contributed by atoms with Gasteiger partial charge in [-0.3, -0.25) is 4.79 Å². The zero-order valence-corrected chi connectivity index (χ0v) is 12.3. The van der Waals surface area contributed by atoms with Crippen molar-refractivity contribution in [2.24, 2.45) is 0 Å². The lowest BCUT2D eigenvalue weighted by Crippen LogP contribution is -2.53. The number of carboxylic acids is 1. The van der Waals surface area contributed by atoms with Crippen molar-refractivity contribution in [3.8, 4) is 5.75 Å². The van der Waals surface area contributed by atoms with Crippen molar-refractivity contribution in [3.63, 3.8) is 0 Å². The normalized spacial score (nSPS) is 17.2. The number of halogens is 3. The van der Waals surface area contributed by atoms with Gasteiger partial charge in [-0.05, 0) is 29.8 Å². The molecular weight excluding hydrogens is 338 g/mol. The summed E-state index contributed by atoms with van der Waals surface area (Å²) in [5.41, 5.74) is -4.23. The second kappa shape index (κ2) is 6.71. The molecule has 1 aliphatic heterocycles. The van der Waals surface area contributed by atoms with Crippen LogP contribution in [0.25, 0.3) is 0 Å². The molecule has 0 saturated carbocycles. The molecule has 1 atom stereocenters. The fourth-order valence-corrected chi connectivity index (χ4v) is 2.49. The first kappa shape index (κ1) is 17.5. The lowest BCUT2D eigenvalue weighted by Gasteiger charge is -2.28. The van der Waals surface area contributed by atoms with Crippen LogP contribution in [0.2, 0.25) is 0 Å². The number of hydrogen-bond donors (Lipinski definition) is 3. The minimum absolute atomic E-state index is 0.0114. The zero-order chi connectivity index (χ0) is 17.2. The number of nitrogens with one attached hydrogen (secondary N) is 1.